The Bertz CT molecular complexity index is 469. The lowest BCUT2D eigenvalue weighted by molar-refractivity contribution is -0.121. The molecule has 1 atom stereocenters. The van der Waals surface area contributed by atoms with Crippen molar-refractivity contribution in [3.63, 3.8) is 0 Å². The van der Waals surface area contributed by atoms with Crippen LogP contribution in [0.2, 0.25) is 0 Å². The van der Waals surface area contributed by atoms with Crippen LogP contribution in [0.15, 0.2) is 24.3 Å². The number of amides is 1. The van der Waals surface area contributed by atoms with E-state index in [1.54, 1.807) is 0 Å². The molecular formula is C16H23N3O. The molecule has 1 amide bonds. The smallest absolute Gasteiger partial charge is 0.244 e. The van der Waals surface area contributed by atoms with E-state index in [1.165, 1.54) is 32.1 Å². The minimum Gasteiger partial charge on any atom is -0.381 e. The molecule has 3 N–H and O–H groups in total. The van der Waals surface area contributed by atoms with Crippen LogP contribution in [0, 0.1) is 5.92 Å². The normalized spacial score (nSPS) is 22.3. The second-order valence-electron chi connectivity index (χ2n) is 5.87. The monoisotopic (exact) mass is 273 g/mol. The fourth-order valence-electron chi connectivity index (χ4n) is 3.13. The summed E-state index contributed by atoms with van der Waals surface area (Å²) in [6.07, 6.45) is 6.52. The molecule has 1 aliphatic heterocycles. The Morgan fingerprint density at radius 2 is 1.90 bits per heavy atom. The first-order valence-corrected chi connectivity index (χ1v) is 7.70. The number of carbonyl (C=O) groups excluding carboxylic acids is 1. The molecule has 4 nitrogen and oxygen atoms in total. The highest BCUT2D eigenvalue weighted by Crippen LogP contribution is 2.25. The Morgan fingerprint density at radius 3 is 2.70 bits per heavy atom. The standard InChI is InChI=1S/C16H23N3O/c20-16(18-10-12-6-2-1-3-7-12)15-11-17-13-8-4-5-9-14(13)19-15/h4-5,8-9,12,15,17,19H,1-3,6-7,10-11H2,(H,18,20). The lowest BCUT2D eigenvalue weighted by Gasteiger charge is -2.28. The van der Waals surface area contributed by atoms with Crippen LogP contribution >= 0.6 is 0 Å². The zero-order valence-corrected chi connectivity index (χ0v) is 11.8. The van der Waals surface area contributed by atoms with Crippen molar-refractivity contribution in [1.29, 1.82) is 0 Å². The number of para-hydroxylation sites is 2. The Hall–Kier alpha value is -1.71. The summed E-state index contributed by atoms with van der Waals surface area (Å²) >= 11 is 0. The van der Waals surface area contributed by atoms with Crippen LogP contribution in [0.25, 0.3) is 0 Å². The summed E-state index contributed by atoms with van der Waals surface area (Å²) in [6.45, 7) is 1.48. The van der Waals surface area contributed by atoms with E-state index in [4.69, 9.17) is 0 Å². The van der Waals surface area contributed by atoms with Gasteiger partial charge in [-0.1, -0.05) is 31.4 Å². The largest absolute Gasteiger partial charge is 0.381 e. The number of hydrogen-bond donors (Lipinski definition) is 3. The van der Waals surface area contributed by atoms with Crippen molar-refractivity contribution in [2.45, 2.75) is 38.1 Å². The minimum atomic E-state index is -0.173. The SMILES string of the molecule is O=C(NCC1CCCCC1)C1CNc2ccccc2N1. The van der Waals surface area contributed by atoms with Crippen LogP contribution < -0.4 is 16.0 Å². The second-order valence-corrected chi connectivity index (χ2v) is 5.87. The summed E-state index contributed by atoms with van der Waals surface area (Å²) in [5, 5.41) is 9.73. The van der Waals surface area contributed by atoms with Crippen LogP contribution in [-0.4, -0.2) is 25.0 Å². The van der Waals surface area contributed by atoms with Crippen molar-refractivity contribution in [1.82, 2.24) is 5.32 Å². The average molecular weight is 273 g/mol. The number of carbonyl (C=O) groups is 1. The van der Waals surface area contributed by atoms with Crippen LogP contribution in [0.4, 0.5) is 11.4 Å². The van der Waals surface area contributed by atoms with Gasteiger partial charge < -0.3 is 16.0 Å². The molecule has 1 aromatic rings. The van der Waals surface area contributed by atoms with E-state index in [-0.39, 0.29) is 11.9 Å². The van der Waals surface area contributed by atoms with Gasteiger partial charge >= 0.3 is 0 Å². The summed E-state index contributed by atoms with van der Waals surface area (Å²) in [5.41, 5.74) is 2.08. The van der Waals surface area contributed by atoms with Gasteiger partial charge in [0, 0.05) is 13.1 Å². The summed E-state index contributed by atoms with van der Waals surface area (Å²) in [6, 6.07) is 7.84. The highest BCUT2D eigenvalue weighted by Gasteiger charge is 2.24. The summed E-state index contributed by atoms with van der Waals surface area (Å²) in [4.78, 5) is 12.2. The van der Waals surface area contributed by atoms with Crippen molar-refractivity contribution in [3.05, 3.63) is 24.3 Å². The number of nitrogens with one attached hydrogen (secondary N) is 3. The number of anilines is 2. The molecule has 1 aliphatic carbocycles. The molecule has 20 heavy (non-hydrogen) atoms. The summed E-state index contributed by atoms with van der Waals surface area (Å²) in [5.74, 6) is 0.786. The van der Waals surface area contributed by atoms with Crippen molar-refractivity contribution < 1.29 is 4.79 Å². The van der Waals surface area contributed by atoms with Crippen LogP contribution in [0.5, 0.6) is 0 Å². The van der Waals surface area contributed by atoms with Gasteiger partial charge in [-0.15, -0.1) is 0 Å². The molecular weight excluding hydrogens is 250 g/mol. The Balaban J connectivity index is 1.51. The van der Waals surface area contributed by atoms with Gasteiger partial charge in [-0.25, -0.2) is 0 Å². The molecule has 1 saturated carbocycles. The third-order valence-electron chi connectivity index (χ3n) is 4.36. The average Bonchev–Trinajstić information content (AvgIpc) is 2.53. The third kappa shape index (κ3) is 3.06. The molecule has 0 aromatic heterocycles. The van der Waals surface area contributed by atoms with Gasteiger partial charge in [0.25, 0.3) is 0 Å². The highest BCUT2D eigenvalue weighted by molar-refractivity contribution is 5.88. The topological polar surface area (TPSA) is 53.2 Å². The zero-order chi connectivity index (χ0) is 13.8. The van der Waals surface area contributed by atoms with E-state index in [0.29, 0.717) is 12.5 Å². The summed E-state index contributed by atoms with van der Waals surface area (Å²) in [7, 11) is 0. The maximum Gasteiger partial charge on any atom is 0.244 e. The molecule has 4 heteroatoms. The number of rotatable bonds is 3. The zero-order valence-electron chi connectivity index (χ0n) is 11.8. The molecule has 108 valence electrons. The van der Waals surface area contributed by atoms with Gasteiger partial charge in [0.1, 0.15) is 6.04 Å². The van der Waals surface area contributed by atoms with Crippen molar-refractivity contribution in [2.75, 3.05) is 23.7 Å². The predicted molar refractivity (Wildman–Crippen MR) is 81.9 cm³/mol. The van der Waals surface area contributed by atoms with Crippen molar-refractivity contribution in [2.24, 2.45) is 5.92 Å². The van der Waals surface area contributed by atoms with Crippen molar-refractivity contribution in [3.8, 4) is 0 Å². The molecule has 0 spiro atoms. The van der Waals surface area contributed by atoms with Gasteiger partial charge in [0.2, 0.25) is 5.91 Å². The highest BCUT2D eigenvalue weighted by atomic mass is 16.2. The third-order valence-corrected chi connectivity index (χ3v) is 4.36. The summed E-state index contributed by atoms with van der Waals surface area (Å²) < 4.78 is 0. The fraction of sp³-hybridized carbons (Fsp3) is 0.562. The molecule has 0 radical (unpaired) electrons. The van der Waals surface area contributed by atoms with E-state index in [2.05, 4.69) is 16.0 Å². The first-order valence-electron chi connectivity index (χ1n) is 7.70. The number of benzene rings is 1. The van der Waals surface area contributed by atoms with Gasteiger partial charge in [-0.05, 0) is 30.9 Å². The Kier molecular flexibility index (Phi) is 4.09. The van der Waals surface area contributed by atoms with E-state index >= 15 is 0 Å². The lowest BCUT2D eigenvalue weighted by Crippen LogP contribution is -2.47. The number of hydrogen-bond acceptors (Lipinski definition) is 3. The number of fused-ring (bicyclic) bond motifs is 1. The van der Waals surface area contributed by atoms with Crippen LogP contribution in [-0.2, 0) is 4.79 Å². The van der Waals surface area contributed by atoms with Crippen LogP contribution in [0.1, 0.15) is 32.1 Å². The van der Waals surface area contributed by atoms with E-state index in [9.17, 15) is 4.79 Å². The van der Waals surface area contributed by atoms with Crippen LogP contribution in [0.3, 0.4) is 0 Å². The molecule has 1 unspecified atom stereocenters. The molecule has 0 saturated heterocycles. The lowest BCUT2D eigenvalue weighted by atomic mass is 9.89. The fourth-order valence-corrected chi connectivity index (χ4v) is 3.13. The quantitative estimate of drug-likeness (QED) is 0.793. The minimum absolute atomic E-state index is 0.109. The van der Waals surface area contributed by atoms with E-state index in [0.717, 1.165) is 17.9 Å². The van der Waals surface area contributed by atoms with Gasteiger partial charge in [-0.2, -0.15) is 0 Å². The predicted octanol–water partition coefficient (Wildman–Crippen LogP) is 2.59. The first-order chi connectivity index (χ1) is 9.83. The maximum atomic E-state index is 12.2. The van der Waals surface area contributed by atoms with Crippen molar-refractivity contribution >= 4 is 17.3 Å². The molecule has 1 aromatic carbocycles. The molecule has 1 heterocycles. The van der Waals surface area contributed by atoms with E-state index in [1.807, 2.05) is 24.3 Å². The van der Waals surface area contributed by atoms with Gasteiger partial charge in [0.05, 0.1) is 11.4 Å². The van der Waals surface area contributed by atoms with E-state index < -0.39 is 0 Å². The molecule has 0 bridgehead atoms. The Morgan fingerprint density at radius 1 is 1.15 bits per heavy atom. The van der Waals surface area contributed by atoms with Gasteiger partial charge in [-0.3, -0.25) is 4.79 Å². The first kappa shape index (κ1) is 13.3. The molecule has 1 fully saturated rings. The molecule has 3 rings (SSSR count). The second kappa shape index (κ2) is 6.16. The molecule has 2 aliphatic rings. The van der Waals surface area contributed by atoms with Gasteiger partial charge in [0.15, 0.2) is 0 Å². The maximum absolute atomic E-state index is 12.2. The Labute approximate surface area is 120 Å².